The second kappa shape index (κ2) is 6.39. The van der Waals surface area contributed by atoms with Gasteiger partial charge in [0.25, 0.3) is 0 Å². The van der Waals surface area contributed by atoms with E-state index in [2.05, 4.69) is 33.2 Å². The zero-order chi connectivity index (χ0) is 12.1. The molecule has 3 heteroatoms. The quantitative estimate of drug-likeness (QED) is 0.821. The lowest BCUT2D eigenvalue weighted by Crippen LogP contribution is -2.26. The number of nitrogens with one attached hydrogen (secondary N) is 1. The lowest BCUT2D eigenvalue weighted by molar-refractivity contribution is 0.318. The fraction of sp³-hybridized carbons (Fsp3) is 0.643. The van der Waals surface area contributed by atoms with Crippen LogP contribution in [0.3, 0.4) is 0 Å². The maximum atomic E-state index is 4.43. The molecular weight excluding hydrogens is 276 g/mol. The maximum Gasteiger partial charge on any atom is 0.127 e. The summed E-state index contributed by atoms with van der Waals surface area (Å²) in [5.74, 6) is 1.96. The van der Waals surface area contributed by atoms with Crippen molar-refractivity contribution in [2.75, 3.05) is 5.32 Å². The Morgan fingerprint density at radius 2 is 2.06 bits per heavy atom. The Kier molecular flexibility index (Phi) is 4.84. The highest BCUT2D eigenvalue weighted by Gasteiger charge is 2.20. The van der Waals surface area contributed by atoms with Gasteiger partial charge in [-0.1, -0.05) is 25.8 Å². The Balaban J connectivity index is 1.82. The molecule has 2 nitrogen and oxygen atoms in total. The number of halogens is 1. The largest absolute Gasteiger partial charge is 0.367 e. The van der Waals surface area contributed by atoms with Crippen LogP contribution in [0.15, 0.2) is 22.8 Å². The Hall–Kier alpha value is -0.570. The summed E-state index contributed by atoms with van der Waals surface area (Å²) < 4.78 is 0.905. The van der Waals surface area contributed by atoms with Crippen molar-refractivity contribution in [2.24, 2.45) is 5.92 Å². The number of rotatable bonds is 4. The van der Waals surface area contributed by atoms with Crippen LogP contribution in [0.4, 0.5) is 5.82 Å². The van der Waals surface area contributed by atoms with Gasteiger partial charge in [0.2, 0.25) is 0 Å². The minimum absolute atomic E-state index is 0.616. The standard InChI is InChI=1S/C14H21BrN2/c1-2-4-11-7-9-12(10-8-11)16-14-6-3-5-13(15)17-14/h3,5-6,11-12H,2,4,7-10H2,1H3,(H,16,17). The van der Waals surface area contributed by atoms with Crippen LogP contribution in [0.5, 0.6) is 0 Å². The lowest BCUT2D eigenvalue weighted by atomic mass is 9.83. The molecule has 17 heavy (non-hydrogen) atoms. The summed E-state index contributed by atoms with van der Waals surface area (Å²) in [6.07, 6.45) is 8.06. The summed E-state index contributed by atoms with van der Waals surface area (Å²) in [5.41, 5.74) is 0. The second-order valence-electron chi connectivity index (χ2n) is 5.00. The molecule has 1 aromatic rings. The first kappa shape index (κ1) is 12.9. The molecule has 1 fully saturated rings. The summed E-state index contributed by atoms with van der Waals surface area (Å²) in [7, 11) is 0. The average molecular weight is 297 g/mol. The van der Waals surface area contributed by atoms with Crippen LogP contribution in [0.25, 0.3) is 0 Å². The van der Waals surface area contributed by atoms with E-state index in [9.17, 15) is 0 Å². The summed E-state index contributed by atoms with van der Waals surface area (Å²) in [6.45, 7) is 2.29. The van der Waals surface area contributed by atoms with Crippen molar-refractivity contribution < 1.29 is 0 Å². The van der Waals surface area contributed by atoms with Crippen molar-refractivity contribution in [2.45, 2.75) is 51.5 Å². The van der Waals surface area contributed by atoms with Gasteiger partial charge >= 0.3 is 0 Å². The first-order chi connectivity index (χ1) is 8.28. The molecule has 0 radical (unpaired) electrons. The molecule has 1 aliphatic rings. The van der Waals surface area contributed by atoms with Gasteiger partial charge in [-0.2, -0.15) is 0 Å². The zero-order valence-electron chi connectivity index (χ0n) is 10.5. The molecule has 1 heterocycles. The number of anilines is 1. The highest BCUT2D eigenvalue weighted by atomic mass is 79.9. The molecule has 0 aromatic carbocycles. The fourth-order valence-corrected chi connectivity index (χ4v) is 3.05. The van der Waals surface area contributed by atoms with Crippen molar-refractivity contribution in [1.82, 2.24) is 4.98 Å². The third kappa shape index (κ3) is 3.98. The smallest absolute Gasteiger partial charge is 0.127 e. The van der Waals surface area contributed by atoms with Crippen LogP contribution >= 0.6 is 15.9 Å². The topological polar surface area (TPSA) is 24.9 Å². The minimum Gasteiger partial charge on any atom is -0.367 e. The lowest BCUT2D eigenvalue weighted by Gasteiger charge is -2.29. The summed E-state index contributed by atoms with van der Waals surface area (Å²) in [4.78, 5) is 4.43. The number of aromatic nitrogens is 1. The van der Waals surface area contributed by atoms with Gasteiger partial charge in [-0.25, -0.2) is 4.98 Å². The molecule has 0 saturated heterocycles. The fourth-order valence-electron chi connectivity index (χ4n) is 2.70. The first-order valence-corrected chi connectivity index (χ1v) is 7.46. The van der Waals surface area contributed by atoms with Gasteiger partial charge in [0.15, 0.2) is 0 Å². The highest BCUT2D eigenvalue weighted by molar-refractivity contribution is 9.10. The van der Waals surface area contributed by atoms with Crippen LogP contribution in [0.1, 0.15) is 45.4 Å². The monoisotopic (exact) mass is 296 g/mol. The van der Waals surface area contributed by atoms with Gasteiger partial charge in [-0.15, -0.1) is 0 Å². The molecule has 1 N–H and O–H groups in total. The van der Waals surface area contributed by atoms with Crippen LogP contribution in [0.2, 0.25) is 0 Å². The third-order valence-corrected chi connectivity index (χ3v) is 4.05. The van der Waals surface area contributed by atoms with Crippen LogP contribution in [-0.2, 0) is 0 Å². The minimum atomic E-state index is 0.616. The molecule has 0 bridgehead atoms. The van der Waals surface area contributed by atoms with E-state index in [1.807, 2.05) is 18.2 Å². The Labute approximate surface area is 112 Å². The number of hydrogen-bond acceptors (Lipinski definition) is 2. The summed E-state index contributed by atoms with van der Waals surface area (Å²) in [6, 6.07) is 6.65. The van der Waals surface area contributed by atoms with Crippen molar-refractivity contribution in [3.8, 4) is 0 Å². The summed E-state index contributed by atoms with van der Waals surface area (Å²) >= 11 is 3.41. The maximum absolute atomic E-state index is 4.43. The SMILES string of the molecule is CCCC1CCC(Nc2cccc(Br)n2)CC1. The number of hydrogen-bond donors (Lipinski definition) is 1. The van der Waals surface area contributed by atoms with Crippen molar-refractivity contribution >= 4 is 21.7 Å². The van der Waals surface area contributed by atoms with Crippen molar-refractivity contribution in [1.29, 1.82) is 0 Å². The normalized spacial score (nSPS) is 24.6. The number of nitrogens with zero attached hydrogens (tertiary/aromatic N) is 1. The Morgan fingerprint density at radius 3 is 2.71 bits per heavy atom. The van der Waals surface area contributed by atoms with Gasteiger partial charge in [0.1, 0.15) is 10.4 Å². The van der Waals surface area contributed by atoms with E-state index < -0.39 is 0 Å². The van der Waals surface area contributed by atoms with Gasteiger partial charge in [-0.3, -0.25) is 0 Å². The molecule has 0 aliphatic heterocycles. The van der Waals surface area contributed by atoms with Gasteiger partial charge in [-0.05, 0) is 59.7 Å². The van der Waals surface area contributed by atoms with Gasteiger partial charge < -0.3 is 5.32 Å². The predicted octanol–water partition coefficient (Wildman–Crippen LogP) is 4.61. The molecule has 2 rings (SSSR count). The first-order valence-electron chi connectivity index (χ1n) is 6.67. The molecule has 0 spiro atoms. The van der Waals surface area contributed by atoms with Gasteiger partial charge in [0.05, 0.1) is 0 Å². The van der Waals surface area contributed by atoms with Crippen molar-refractivity contribution in [3.05, 3.63) is 22.8 Å². The van der Waals surface area contributed by atoms with Crippen LogP contribution < -0.4 is 5.32 Å². The van der Waals surface area contributed by atoms with E-state index in [0.717, 1.165) is 16.3 Å². The summed E-state index contributed by atoms with van der Waals surface area (Å²) in [5, 5.41) is 3.54. The average Bonchev–Trinajstić information content (AvgIpc) is 2.32. The van der Waals surface area contributed by atoms with E-state index in [4.69, 9.17) is 0 Å². The van der Waals surface area contributed by atoms with E-state index in [1.165, 1.54) is 38.5 Å². The van der Waals surface area contributed by atoms with Crippen molar-refractivity contribution in [3.63, 3.8) is 0 Å². The number of pyridine rings is 1. The molecule has 94 valence electrons. The molecule has 0 atom stereocenters. The van der Waals surface area contributed by atoms with E-state index >= 15 is 0 Å². The van der Waals surface area contributed by atoms with Crippen LogP contribution in [0, 0.1) is 5.92 Å². The highest BCUT2D eigenvalue weighted by Crippen LogP contribution is 2.29. The molecule has 1 aliphatic carbocycles. The Morgan fingerprint density at radius 1 is 1.29 bits per heavy atom. The Bertz CT molecular complexity index is 346. The van der Waals surface area contributed by atoms with E-state index in [1.54, 1.807) is 0 Å². The van der Waals surface area contributed by atoms with E-state index in [-0.39, 0.29) is 0 Å². The molecule has 0 amide bonds. The van der Waals surface area contributed by atoms with Gasteiger partial charge in [0, 0.05) is 6.04 Å². The van der Waals surface area contributed by atoms with Crippen LogP contribution in [-0.4, -0.2) is 11.0 Å². The van der Waals surface area contributed by atoms with E-state index in [0.29, 0.717) is 6.04 Å². The molecule has 1 aromatic heterocycles. The second-order valence-corrected chi connectivity index (χ2v) is 5.81. The predicted molar refractivity (Wildman–Crippen MR) is 76.2 cm³/mol. The molecule has 0 unspecified atom stereocenters. The molecular formula is C14H21BrN2. The third-order valence-electron chi connectivity index (χ3n) is 3.61. The molecule has 1 saturated carbocycles. The zero-order valence-corrected chi connectivity index (χ0v) is 12.0.